The zero-order valence-corrected chi connectivity index (χ0v) is 6.36. The lowest BCUT2D eigenvalue weighted by Gasteiger charge is -2.02. The van der Waals surface area contributed by atoms with Gasteiger partial charge in [-0.1, -0.05) is 6.07 Å². The van der Waals surface area contributed by atoms with Gasteiger partial charge >= 0.3 is 5.97 Å². The highest BCUT2D eigenvalue weighted by Gasteiger charge is 2.02. The van der Waals surface area contributed by atoms with Crippen LogP contribution in [0.5, 0.6) is 5.75 Å². The van der Waals surface area contributed by atoms with Crippen molar-refractivity contribution in [3.05, 3.63) is 29.8 Å². The van der Waals surface area contributed by atoms with E-state index >= 15 is 0 Å². The number of hydrogen-bond acceptors (Lipinski definition) is 3. The predicted molar refractivity (Wildman–Crippen MR) is 43.1 cm³/mol. The molecular formula is C8H9NO3. The Hall–Kier alpha value is -1.55. The number of benzene rings is 1. The molecule has 0 aliphatic carbocycles. The van der Waals surface area contributed by atoms with E-state index in [4.69, 9.17) is 15.6 Å². The van der Waals surface area contributed by atoms with E-state index < -0.39 is 5.97 Å². The normalized spacial score (nSPS) is 9.42. The average Bonchev–Trinajstić information content (AvgIpc) is 2.05. The van der Waals surface area contributed by atoms with Crippen LogP contribution in [0.25, 0.3) is 0 Å². The molecule has 0 unspecified atom stereocenters. The third-order valence-electron chi connectivity index (χ3n) is 1.33. The molecule has 12 heavy (non-hydrogen) atoms. The molecule has 0 aliphatic rings. The Labute approximate surface area is 69.6 Å². The van der Waals surface area contributed by atoms with E-state index in [0.717, 1.165) is 0 Å². The lowest BCUT2D eigenvalue weighted by molar-refractivity contribution is 0.0696. The Morgan fingerprint density at radius 1 is 1.58 bits per heavy atom. The Balaban J connectivity index is 2.88. The molecule has 1 aromatic carbocycles. The summed E-state index contributed by atoms with van der Waals surface area (Å²) in [4.78, 5) is 10.5. The summed E-state index contributed by atoms with van der Waals surface area (Å²) in [6.07, 6.45) is 0. The summed E-state index contributed by atoms with van der Waals surface area (Å²) < 4.78 is 4.91. The van der Waals surface area contributed by atoms with Gasteiger partial charge in [-0.25, -0.2) is 4.79 Å². The van der Waals surface area contributed by atoms with Crippen LogP contribution < -0.4 is 10.5 Å². The number of nitrogens with two attached hydrogens (primary N) is 1. The van der Waals surface area contributed by atoms with Crippen molar-refractivity contribution < 1.29 is 14.6 Å². The fourth-order valence-corrected chi connectivity index (χ4v) is 0.815. The molecule has 0 bridgehead atoms. The first kappa shape index (κ1) is 8.55. The summed E-state index contributed by atoms with van der Waals surface area (Å²) in [5.74, 6) is -0.505. The predicted octanol–water partition coefficient (Wildman–Crippen LogP) is 0.680. The van der Waals surface area contributed by atoms with Crippen molar-refractivity contribution in [1.82, 2.24) is 0 Å². The third kappa shape index (κ3) is 1.96. The highest BCUT2D eigenvalue weighted by atomic mass is 16.5. The molecule has 64 valence electrons. The van der Waals surface area contributed by atoms with Crippen LogP contribution in [0.15, 0.2) is 24.3 Å². The molecule has 0 radical (unpaired) electrons. The molecule has 0 spiro atoms. The molecule has 0 aliphatic heterocycles. The van der Waals surface area contributed by atoms with Gasteiger partial charge in [0, 0.05) is 0 Å². The lowest BCUT2D eigenvalue weighted by Crippen LogP contribution is -2.07. The summed E-state index contributed by atoms with van der Waals surface area (Å²) in [7, 11) is 0. The molecule has 4 heteroatoms. The third-order valence-corrected chi connectivity index (χ3v) is 1.33. The van der Waals surface area contributed by atoms with Crippen LogP contribution in [0.1, 0.15) is 10.4 Å². The minimum Gasteiger partial charge on any atom is -0.479 e. The van der Waals surface area contributed by atoms with Crippen molar-refractivity contribution in [3.63, 3.8) is 0 Å². The van der Waals surface area contributed by atoms with Crippen LogP contribution in [0.3, 0.4) is 0 Å². The first-order valence-electron chi connectivity index (χ1n) is 3.40. The molecule has 3 N–H and O–H groups in total. The summed E-state index contributed by atoms with van der Waals surface area (Å²) in [6, 6.07) is 6.18. The van der Waals surface area contributed by atoms with Gasteiger partial charge in [0.25, 0.3) is 0 Å². The van der Waals surface area contributed by atoms with Crippen molar-refractivity contribution in [3.8, 4) is 5.75 Å². The maximum Gasteiger partial charge on any atom is 0.335 e. The van der Waals surface area contributed by atoms with Crippen LogP contribution in [0.2, 0.25) is 0 Å². The molecule has 0 heterocycles. The zero-order chi connectivity index (χ0) is 8.97. The molecule has 0 aromatic heterocycles. The van der Waals surface area contributed by atoms with Gasteiger partial charge in [0.05, 0.1) is 5.56 Å². The van der Waals surface area contributed by atoms with Gasteiger partial charge < -0.3 is 9.84 Å². The van der Waals surface area contributed by atoms with Gasteiger partial charge in [0.2, 0.25) is 0 Å². The van der Waals surface area contributed by atoms with Gasteiger partial charge in [0.1, 0.15) is 12.5 Å². The zero-order valence-electron chi connectivity index (χ0n) is 6.36. The van der Waals surface area contributed by atoms with E-state index in [1.807, 2.05) is 0 Å². The van der Waals surface area contributed by atoms with E-state index in [1.165, 1.54) is 12.1 Å². The highest BCUT2D eigenvalue weighted by molar-refractivity contribution is 5.87. The number of carboxylic acids is 1. The van der Waals surface area contributed by atoms with Gasteiger partial charge in [-0.3, -0.25) is 5.73 Å². The number of hydrogen-bond donors (Lipinski definition) is 2. The van der Waals surface area contributed by atoms with Crippen LogP contribution >= 0.6 is 0 Å². The first-order chi connectivity index (χ1) is 5.74. The van der Waals surface area contributed by atoms with Gasteiger partial charge in [-0.05, 0) is 18.2 Å². The number of carboxylic acid groups (broad SMARTS) is 1. The van der Waals surface area contributed by atoms with E-state index in [0.29, 0.717) is 5.75 Å². The van der Waals surface area contributed by atoms with E-state index in [2.05, 4.69) is 0 Å². The fraction of sp³-hybridized carbons (Fsp3) is 0.125. The number of carbonyl (C=O) groups is 1. The number of aromatic carboxylic acids is 1. The molecule has 0 saturated heterocycles. The number of ether oxygens (including phenoxy) is 1. The van der Waals surface area contributed by atoms with Crippen molar-refractivity contribution in [1.29, 1.82) is 0 Å². The van der Waals surface area contributed by atoms with Gasteiger partial charge in [-0.2, -0.15) is 0 Å². The molecule has 0 atom stereocenters. The van der Waals surface area contributed by atoms with Crippen LogP contribution in [0.4, 0.5) is 0 Å². The highest BCUT2D eigenvalue weighted by Crippen LogP contribution is 2.12. The van der Waals surface area contributed by atoms with Crippen molar-refractivity contribution in [2.75, 3.05) is 6.73 Å². The summed E-state index contributed by atoms with van der Waals surface area (Å²) >= 11 is 0. The lowest BCUT2D eigenvalue weighted by atomic mass is 10.2. The van der Waals surface area contributed by atoms with Crippen LogP contribution in [-0.4, -0.2) is 17.8 Å². The maximum absolute atomic E-state index is 10.5. The minimum atomic E-state index is -0.975. The number of rotatable bonds is 3. The van der Waals surface area contributed by atoms with E-state index in [-0.39, 0.29) is 12.3 Å². The average molecular weight is 167 g/mol. The second-order valence-electron chi connectivity index (χ2n) is 2.14. The maximum atomic E-state index is 10.5. The Bertz CT molecular complexity index is 285. The SMILES string of the molecule is NCOc1cccc(C(=O)O)c1. The largest absolute Gasteiger partial charge is 0.479 e. The van der Waals surface area contributed by atoms with Crippen LogP contribution in [0, 0.1) is 0 Å². The van der Waals surface area contributed by atoms with Crippen molar-refractivity contribution >= 4 is 5.97 Å². The molecule has 4 nitrogen and oxygen atoms in total. The molecule has 0 fully saturated rings. The fourth-order valence-electron chi connectivity index (χ4n) is 0.815. The summed E-state index contributed by atoms with van der Waals surface area (Å²) in [5.41, 5.74) is 5.31. The van der Waals surface area contributed by atoms with Gasteiger partial charge in [-0.15, -0.1) is 0 Å². The Kier molecular flexibility index (Phi) is 2.66. The molecule has 1 aromatic rings. The standard InChI is InChI=1S/C8H9NO3/c9-5-12-7-3-1-2-6(4-7)8(10)11/h1-4H,5,9H2,(H,10,11). The van der Waals surface area contributed by atoms with E-state index in [9.17, 15) is 4.79 Å². The molecular weight excluding hydrogens is 158 g/mol. The molecule has 0 amide bonds. The second kappa shape index (κ2) is 3.73. The van der Waals surface area contributed by atoms with Gasteiger partial charge in [0.15, 0.2) is 0 Å². The monoisotopic (exact) mass is 167 g/mol. The summed E-state index contributed by atoms with van der Waals surface area (Å²) in [6.45, 7) is 0.0447. The summed E-state index contributed by atoms with van der Waals surface area (Å²) in [5, 5.41) is 8.59. The molecule has 0 saturated carbocycles. The van der Waals surface area contributed by atoms with Crippen molar-refractivity contribution in [2.24, 2.45) is 5.73 Å². The first-order valence-corrected chi connectivity index (χ1v) is 3.40. The quantitative estimate of drug-likeness (QED) is 0.649. The smallest absolute Gasteiger partial charge is 0.335 e. The Morgan fingerprint density at radius 2 is 2.33 bits per heavy atom. The van der Waals surface area contributed by atoms with Crippen molar-refractivity contribution in [2.45, 2.75) is 0 Å². The van der Waals surface area contributed by atoms with Crippen LogP contribution in [-0.2, 0) is 0 Å². The second-order valence-corrected chi connectivity index (χ2v) is 2.14. The van der Waals surface area contributed by atoms with E-state index in [1.54, 1.807) is 12.1 Å². The minimum absolute atomic E-state index is 0.0447. The molecule has 1 rings (SSSR count). The Morgan fingerprint density at radius 3 is 2.92 bits per heavy atom. The topological polar surface area (TPSA) is 72.5 Å².